The number of aromatic amines is 1. The molecule has 0 saturated heterocycles. The van der Waals surface area contributed by atoms with Gasteiger partial charge in [-0.1, -0.05) is 40.2 Å². The van der Waals surface area contributed by atoms with Crippen molar-refractivity contribution in [3.63, 3.8) is 0 Å². The van der Waals surface area contributed by atoms with Crippen LogP contribution in [0.25, 0.3) is 11.4 Å². The van der Waals surface area contributed by atoms with E-state index in [-0.39, 0.29) is 0 Å². The van der Waals surface area contributed by atoms with E-state index in [0.29, 0.717) is 17.2 Å². The van der Waals surface area contributed by atoms with Crippen LogP contribution in [0.2, 0.25) is 0 Å². The molecule has 122 valence electrons. The second-order valence-electron chi connectivity index (χ2n) is 4.92. The molecule has 0 aliphatic carbocycles. The second-order valence-corrected chi connectivity index (χ2v) is 6.23. The molecule has 0 radical (unpaired) electrons. The van der Waals surface area contributed by atoms with E-state index in [0.717, 1.165) is 21.3 Å². The fourth-order valence-corrected chi connectivity index (χ4v) is 2.78. The van der Waals surface area contributed by atoms with Crippen LogP contribution < -0.4 is 4.74 Å². The molecule has 3 aromatic rings. The Balaban J connectivity index is 1.97. The maximum absolute atomic E-state index is 5.54. The summed E-state index contributed by atoms with van der Waals surface area (Å²) in [6.07, 6.45) is 1.74. The van der Waals surface area contributed by atoms with Crippen molar-refractivity contribution >= 4 is 34.4 Å². The van der Waals surface area contributed by atoms with Crippen LogP contribution in [0.1, 0.15) is 12.5 Å². The Bertz CT molecular complexity index is 932. The van der Waals surface area contributed by atoms with E-state index in [4.69, 9.17) is 17.0 Å². The topological polar surface area (TPSA) is 55.2 Å². The van der Waals surface area contributed by atoms with Crippen LogP contribution in [0.4, 0.5) is 0 Å². The van der Waals surface area contributed by atoms with Crippen molar-refractivity contribution in [2.75, 3.05) is 6.61 Å². The van der Waals surface area contributed by atoms with Gasteiger partial charge in [-0.05, 0) is 49.0 Å². The summed E-state index contributed by atoms with van der Waals surface area (Å²) in [4.78, 5) is 0. The van der Waals surface area contributed by atoms with Crippen LogP contribution in [0.3, 0.4) is 0 Å². The maximum Gasteiger partial charge on any atom is 0.216 e. The predicted octanol–water partition coefficient (Wildman–Crippen LogP) is 4.65. The molecule has 5 nitrogen and oxygen atoms in total. The van der Waals surface area contributed by atoms with Crippen LogP contribution in [-0.2, 0) is 0 Å². The molecule has 0 fully saturated rings. The molecule has 1 heterocycles. The van der Waals surface area contributed by atoms with Gasteiger partial charge in [0.2, 0.25) is 4.77 Å². The standard InChI is InChI=1S/C17H15BrN4OS/c1-2-23-15-8-4-6-13(10-15)16-20-21-17(24)22(16)19-11-12-5-3-7-14(18)9-12/h3-11H,2H2,1H3,(H,21,24)/b19-11-. The smallest absolute Gasteiger partial charge is 0.216 e. The number of aromatic nitrogens is 3. The van der Waals surface area contributed by atoms with E-state index in [2.05, 4.69) is 31.2 Å². The molecule has 0 aliphatic heterocycles. The zero-order valence-electron chi connectivity index (χ0n) is 12.9. The number of hydrogen-bond donors (Lipinski definition) is 1. The van der Waals surface area contributed by atoms with Gasteiger partial charge in [0.25, 0.3) is 0 Å². The molecular formula is C17H15BrN4OS. The van der Waals surface area contributed by atoms with E-state index in [1.807, 2.05) is 55.5 Å². The van der Waals surface area contributed by atoms with Gasteiger partial charge in [-0.15, -0.1) is 0 Å². The van der Waals surface area contributed by atoms with Crippen molar-refractivity contribution in [3.05, 3.63) is 63.3 Å². The Hall–Kier alpha value is -2.25. The summed E-state index contributed by atoms with van der Waals surface area (Å²) < 4.78 is 8.56. The lowest BCUT2D eigenvalue weighted by atomic mass is 10.2. The Morgan fingerprint density at radius 2 is 2.12 bits per heavy atom. The molecule has 24 heavy (non-hydrogen) atoms. The molecule has 0 spiro atoms. The molecule has 2 aromatic carbocycles. The summed E-state index contributed by atoms with van der Waals surface area (Å²) in [5.41, 5.74) is 1.83. The SMILES string of the molecule is CCOc1cccc(-c2n[nH]c(=S)n2/N=C\c2cccc(Br)c2)c1. The number of benzene rings is 2. The highest BCUT2D eigenvalue weighted by Crippen LogP contribution is 2.22. The lowest BCUT2D eigenvalue weighted by Gasteiger charge is -2.05. The van der Waals surface area contributed by atoms with Crippen LogP contribution in [0.5, 0.6) is 5.75 Å². The van der Waals surface area contributed by atoms with Gasteiger partial charge in [0.15, 0.2) is 5.82 Å². The fraction of sp³-hybridized carbons (Fsp3) is 0.118. The molecule has 0 amide bonds. The van der Waals surface area contributed by atoms with Gasteiger partial charge in [0.1, 0.15) is 5.75 Å². The number of H-pyrrole nitrogens is 1. The van der Waals surface area contributed by atoms with Crippen LogP contribution in [0, 0.1) is 4.77 Å². The highest BCUT2D eigenvalue weighted by molar-refractivity contribution is 9.10. The monoisotopic (exact) mass is 402 g/mol. The van der Waals surface area contributed by atoms with Crippen LogP contribution >= 0.6 is 28.1 Å². The third-order valence-electron chi connectivity index (χ3n) is 3.22. The third-order valence-corrected chi connectivity index (χ3v) is 3.98. The Morgan fingerprint density at radius 3 is 2.92 bits per heavy atom. The summed E-state index contributed by atoms with van der Waals surface area (Å²) >= 11 is 8.74. The first-order chi connectivity index (χ1) is 11.7. The van der Waals surface area contributed by atoms with Gasteiger partial charge in [-0.25, -0.2) is 5.10 Å². The van der Waals surface area contributed by atoms with Gasteiger partial charge in [0, 0.05) is 10.0 Å². The number of ether oxygens (including phenoxy) is 1. The minimum Gasteiger partial charge on any atom is -0.494 e. The van der Waals surface area contributed by atoms with Crippen molar-refractivity contribution in [2.45, 2.75) is 6.92 Å². The second kappa shape index (κ2) is 7.55. The molecule has 0 saturated carbocycles. The third kappa shape index (κ3) is 3.80. The van der Waals surface area contributed by atoms with Crippen molar-refractivity contribution in [1.82, 2.24) is 14.9 Å². The van der Waals surface area contributed by atoms with Crippen LogP contribution in [-0.4, -0.2) is 27.7 Å². The predicted molar refractivity (Wildman–Crippen MR) is 101 cm³/mol. The largest absolute Gasteiger partial charge is 0.494 e. The number of nitrogens with zero attached hydrogens (tertiary/aromatic N) is 3. The summed E-state index contributed by atoms with van der Waals surface area (Å²) in [6.45, 7) is 2.56. The van der Waals surface area contributed by atoms with Gasteiger partial charge in [0.05, 0.1) is 12.8 Å². The number of halogens is 1. The van der Waals surface area contributed by atoms with Crippen molar-refractivity contribution < 1.29 is 4.74 Å². The summed E-state index contributed by atoms with van der Waals surface area (Å²) in [7, 11) is 0. The van der Waals surface area contributed by atoms with Crippen molar-refractivity contribution in [2.24, 2.45) is 5.10 Å². The van der Waals surface area contributed by atoms with E-state index in [9.17, 15) is 0 Å². The molecule has 0 aliphatic rings. The van der Waals surface area contributed by atoms with Gasteiger partial charge in [-0.2, -0.15) is 14.9 Å². The summed E-state index contributed by atoms with van der Waals surface area (Å²) in [5, 5.41) is 11.5. The molecule has 0 unspecified atom stereocenters. The molecule has 0 atom stereocenters. The summed E-state index contributed by atoms with van der Waals surface area (Å²) in [5.74, 6) is 1.42. The first-order valence-electron chi connectivity index (χ1n) is 7.38. The molecule has 7 heteroatoms. The number of nitrogens with one attached hydrogen (secondary N) is 1. The van der Waals surface area contributed by atoms with Crippen molar-refractivity contribution in [1.29, 1.82) is 0 Å². The fourth-order valence-electron chi connectivity index (χ4n) is 2.19. The lowest BCUT2D eigenvalue weighted by Crippen LogP contribution is -1.96. The Morgan fingerprint density at radius 1 is 1.29 bits per heavy atom. The van der Waals surface area contributed by atoms with E-state index in [1.54, 1.807) is 10.9 Å². The first kappa shape index (κ1) is 16.6. The van der Waals surface area contributed by atoms with Gasteiger partial charge >= 0.3 is 0 Å². The average molecular weight is 403 g/mol. The molecule has 0 bridgehead atoms. The minimum absolute atomic E-state index is 0.429. The molecule has 3 rings (SSSR count). The molecule has 1 aromatic heterocycles. The quantitative estimate of drug-likeness (QED) is 0.498. The normalized spacial score (nSPS) is 11.1. The zero-order chi connectivity index (χ0) is 16.9. The molecular weight excluding hydrogens is 388 g/mol. The number of rotatable bonds is 5. The maximum atomic E-state index is 5.54. The zero-order valence-corrected chi connectivity index (χ0v) is 15.3. The Labute approximate surface area is 153 Å². The van der Waals surface area contributed by atoms with E-state index in [1.165, 1.54) is 0 Å². The van der Waals surface area contributed by atoms with E-state index < -0.39 is 0 Å². The van der Waals surface area contributed by atoms with Crippen molar-refractivity contribution in [3.8, 4) is 17.1 Å². The summed E-state index contributed by atoms with van der Waals surface area (Å²) in [6, 6.07) is 15.5. The van der Waals surface area contributed by atoms with E-state index >= 15 is 0 Å². The van der Waals surface area contributed by atoms with Crippen LogP contribution in [0.15, 0.2) is 58.1 Å². The first-order valence-corrected chi connectivity index (χ1v) is 8.58. The lowest BCUT2D eigenvalue weighted by molar-refractivity contribution is 0.340. The highest BCUT2D eigenvalue weighted by Gasteiger charge is 2.09. The average Bonchev–Trinajstić information content (AvgIpc) is 2.94. The minimum atomic E-state index is 0.429. The Kier molecular flexibility index (Phi) is 5.22. The number of hydrogen-bond acceptors (Lipinski definition) is 4. The molecule has 1 N–H and O–H groups in total. The highest BCUT2D eigenvalue weighted by atomic mass is 79.9. The van der Waals surface area contributed by atoms with Gasteiger partial charge < -0.3 is 4.74 Å². The van der Waals surface area contributed by atoms with Gasteiger partial charge in [-0.3, -0.25) is 0 Å².